The molecule has 0 radical (unpaired) electrons. The standard InChI is InChI=1S/C20H19FN2O4S/c1-25-16-8-3-13(9-17(16)26-2)10-22-19(24)12-28-20-23-11-18(27-20)14-4-6-15(21)7-5-14/h3-9,11H,10,12H2,1-2H3,(H,22,24). The molecule has 28 heavy (non-hydrogen) atoms. The number of nitrogens with zero attached hydrogens (tertiary/aromatic N) is 1. The summed E-state index contributed by atoms with van der Waals surface area (Å²) < 4.78 is 29.0. The Hall–Kier alpha value is -3.00. The Balaban J connectivity index is 1.50. The molecule has 0 aliphatic carbocycles. The van der Waals surface area contributed by atoms with Crippen molar-refractivity contribution >= 4 is 17.7 Å². The molecule has 2 aromatic carbocycles. The summed E-state index contributed by atoms with van der Waals surface area (Å²) >= 11 is 1.19. The van der Waals surface area contributed by atoms with Crippen LogP contribution in [0, 0.1) is 5.82 Å². The molecule has 0 saturated heterocycles. The molecule has 1 heterocycles. The molecule has 0 spiro atoms. The third-order valence-electron chi connectivity index (χ3n) is 3.88. The number of methoxy groups -OCH3 is 2. The van der Waals surface area contributed by atoms with Gasteiger partial charge in [0.2, 0.25) is 5.91 Å². The van der Waals surface area contributed by atoms with Gasteiger partial charge in [0, 0.05) is 12.1 Å². The van der Waals surface area contributed by atoms with E-state index in [9.17, 15) is 9.18 Å². The number of rotatable bonds is 8. The summed E-state index contributed by atoms with van der Waals surface area (Å²) in [6.07, 6.45) is 1.55. The maximum atomic E-state index is 13.0. The van der Waals surface area contributed by atoms with Crippen molar-refractivity contribution in [1.82, 2.24) is 10.3 Å². The zero-order valence-corrected chi connectivity index (χ0v) is 16.2. The number of hydrogen-bond donors (Lipinski definition) is 1. The molecule has 3 rings (SSSR count). The van der Waals surface area contributed by atoms with Gasteiger partial charge in [0.1, 0.15) is 5.82 Å². The van der Waals surface area contributed by atoms with E-state index >= 15 is 0 Å². The van der Waals surface area contributed by atoms with E-state index in [-0.39, 0.29) is 17.5 Å². The molecule has 0 fully saturated rings. The second-order valence-corrected chi connectivity index (χ2v) is 6.68. The van der Waals surface area contributed by atoms with Gasteiger partial charge in [-0.25, -0.2) is 9.37 Å². The first-order valence-corrected chi connectivity index (χ1v) is 9.40. The van der Waals surface area contributed by atoms with Crippen molar-refractivity contribution in [3.05, 3.63) is 60.0 Å². The lowest BCUT2D eigenvalue weighted by Crippen LogP contribution is -2.24. The van der Waals surface area contributed by atoms with Gasteiger partial charge in [0.25, 0.3) is 5.22 Å². The molecule has 1 N–H and O–H groups in total. The minimum atomic E-state index is -0.316. The average Bonchev–Trinajstić information content (AvgIpc) is 3.20. The Morgan fingerprint density at radius 1 is 1.14 bits per heavy atom. The van der Waals surface area contributed by atoms with Crippen LogP contribution in [0.15, 0.2) is 58.3 Å². The van der Waals surface area contributed by atoms with E-state index in [1.165, 1.54) is 23.9 Å². The molecule has 146 valence electrons. The highest BCUT2D eigenvalue weighted by Gasteiger charge is 2.10. The first-order chi connectivity index (χ1) is 13.6. The van der Waals surface area contributed by atoms with Crippen LogP contribution in [0.2, 0.25) is 0 Å². The van der Waals surface area contributed by atoms with E-state index in [2.05, 4.69) is 10.3 Å². The Labute approximate surface area is 166 Å². The molecule has 1 amide bonds. The molecular formula is C20H19FN2O4S. The van der Waals surface area contributed by atoms with E-state index in [4.69, 9.17) is 13.9 Å². The highest BCUT2D eigenvalue weighted by Crippen LogP contribution is 2.28. The van der Waals surface area contributed by atoms with Crippen LogP contribution in [-0.4, -0.2) is 30.9 Å². The third-order valence-corrected chi connectivity index (χ3v) is 4.72. The smallest absolute Gasteiger partial charge is 0.256 e. The highest BCUT2D eigenvalue weighted by molar-refractivity contribution is 7.99. The number of aromatic nitrogens is 1. The van der Waals surface area contributed by atoms with Crippen molar-refractivity contribution in [3.63, 3.8) is 0 Å². The number of carbonyl (C=O) groups excluding carboxylic acids is 1. The lowest BCUT2D eigenvalue weighted by Gasteiger charge is -2.10. The van der Waals surface area contributed by atoms with E-state index in [0.717, 1.165) is 11.1 Å². The van der Waals surface area contributed by atoms with Crippen LogP contribution in [0.25, 0.3) is 11.3 Å². The fourth-order valence-corrected chi connectivity index (χ4v) is 3.07. The van der Waals surface area contributed by atoms with Gasteiger partial charge in [0.05, 0.1) is 26.2 Å². The van der Waals surface area contributed by atoms with Crippen molar-refractivity contribution in [3.8, 4) is 22.8 Å². The van der Waals surface area contributed by atoms with Crippen molar-refractivity contribution < 1.29 is 23.1 Å². The number of oxazole rings is 1. The van der Waals surface area contributed by atoms with Gasteiger partial charge in [-0.05, 0) is 42.0 Å². The number of carbonyl (C=O) groups is 1. The Kier molecular flexibility index (Phi) is 6.54. The van der Waals surface area contributed by atoms with Crippen molar-refractivity contribution in [2.45, 2.75) is 11.8 Å². The molecule has 8 heteroatoms. The SMILES string of the molecule is COc1ccc(CNC(=O)CSc2ncc(-c3ccc(F)cc3)o2)cc1OC. The van der Waals surface area contributed by atoms with Gasteiger partial charge in [-0.15, -0.1) is 0 Å². The summed E-state index contributed by atoms with van der Waals surface area (Å²) in [7, 11) is 3.13. The molecule has 0 aliphatic heterocycles. The minimum absolute atomic E-state index is 0.152. The number of amides is 1. The number of benzene rings is 2. The van der Waals surface area contributed by atoms with Crippen molar-refractivity contribution in [2.75, 3.05) is 20.0 Å². The zero-order valence-electron chi connectivity index (χ0n) is 15.4. The monoisotopic (exact) mass is 402 g/mol. The maximum absolute atomic E-state index is 13.0. The largest absolute Gasteiger partial charge is 0.493 e. The predicted molar refractivity (Wildman–Crippen MR) is 104 cm³/mol. The molecule has 0 unspecified atom stereocenters. The summed E-state index contributed by atoms with van der Waals surface area (Å²) in [5.74, 6) is 1.46. The van der Waals surface area contributed by atoms with E-state index in [0.29, 0.717) is 29.0 Å². The molecular weight excluding hydrogens is 383 g/mol. The number of hydrogen-bond acceptors (Lipinski definition) is 6. The van der Waals surface area contributed by atoms with Gasteiger partial charge in [0.15, 0.2) is 17.3 Å². The van der Waals surface area contributed by atoms with Crippen LogP contribution in [0.4, 0.5) is 4.39 Å². The summed E-state index contributed by atoms with van der Waals surface area (Å²) in [4.78, 5) is 16.2. The predicted octanol–water partition coefficient (Wildman–Crippen LogP) is 3.91. The number of nitrogens with one attached hydrogen (secondary N) is 1. The molecule has 3 aromatic rings. The zero-order chi connectivity index (χ0) is 19.9. The topological polar surface area (TPSA) is 73.6 Å². The fraction of sp³-hybridized carbons (Fsp3) is 0.200. The number of halogens is 1. The van der Waals surface area contributed by atoms with Crippen LogP contribution in [-0.2, 0) is 11.3 Å². The minimum Gasteiger partial charge on any atom is -0.493 e. The molecule has 1 aromatic heterocycles. The molecule has 0 saturated carbocycles. The van der Waals surface area contributed by atoms with E-state index in [1.807, 2.05) is 12.1 Å². The summed E-state index contributed by atoms with van der Waals surface area (Å²) in [6, 6.07) is 11.4. The fourth-order valence-electron chi connectivity index (χ4n) is 2.44. The van der Waals surface area contributed by atoms with Crippen molar-refractivity contribution in [1.29, 1.82) is 0 Å². The second kappa shape index (κ2) is 9.27. The van der Waals surface area contributed by atoms with Crippen LogP contribution < -0.4 is 14.8 Å². The molecule has 0 atom stereocenters. The van der Waals surface area contributed by atoms with Crippen LogP contribution in [0.5, 0.6) is 11.5 Å². The summed E-state index contributed by atoms with van der Waals surface area (Å²) in [6.45, 7) is 0.367. The third kappa shape index (κ3) is 5.04. The van der Waals surface area contributed by atoms with E-state index in [1.54, 1.807) is 38.6 Å². The first kappa shape index (κ1) is 19.8. The van der Waals surface area contributed by atoms with Gasteiger partial charge in [-0.2, -0.15) is 0 Å². The first-order valence-electron chi connectivity index (χ1n) is 8.41. The number of thioether (sulfide) groups is 1. The number of ether oxygens (including phenoxy) is 2. The average molecular weight is 402 g/mol. The summed E-state index contributed by atoms with van der Waals surface area (Å²) in [5, 5.41) is 3.21. The summed E-state index contributed by atoms with van der Waals surface area (Å²) in [5.41, 5.74) is 1.62. The van der Waals surface area contributed by atoms with Crippen LogP contribution in [0.1, 0.15) is 5.56 Å². The molecule has 6 nitrogen and oxygen atoms in total. The molecule has 0 bridgehead atoms. The quantitative estimate of drug-likeness (QED) is 0.576. The Morgan fingerprint density at radius 3 is 2.61 bits per heavy atom. The van der Waals surface area contributed by atoms with E-state index < -0.39 is 0 Å². The van der Waals surface area contributed by atoms with Crippen LogP contribution in [0.3, 0.4) is 0 Å². The molecule has 0 aliphatic rings. The normalized spacial score (nSPS) is 10.5. The Bertz CT molecular complexity index is 944. The second-order valence-electron chi connectivity index (χ2n) is 5.75. The van der Waals surface area contributed by atoms with Gasteiger partial charge in [-0.1, -0.05) is 17.8 Å². The lowest BCUT2D eigenvalue weighted by atomic mass is 10.2. The lowest BCUT2D eigenvalue weighted by molar-refractivity contribution is -0.118. The highest BCUT2D eigenvalue weighted by atomic mass is 32.2. The Morgan fingerprint density at radius 2 is 1.89 bits per heavy atom. The van der Waals surface area contributed by atoms with Gasteiger partial charge < -0.3 is 19.2 Å². The maximum Gasteiger partial charge on any atom is 0.256 e. The van der Waals surface area contributed by atoms with Gasteiger partial charge in [-0.3, -0.25) is 4.79 Å². The van der Waals surface area contributed by atoms with Crippen LogP contribution >= 0.6 is 11.8 Å². The van der Waals surface area contributed by atoms with Gasteiger partial charge >= 0.3 is 0 Å². The van der Waals surface area contributed by atoms with Crippen molar-refractivity contribution in [2.24, 2.45) is 0 Å².